The number of allylic oxidation sites excluding steroid dienone is 2. The number of hydrogen-bond acceptors (Lipinski definition) is 2. The van der Waals surface area contributed by atoms with E-state index in [4.69, 9.17) is 4.74 Å². The molecule has 123 valence electrons. The lowest BCUT2D eigenvalue weighted by atomic mass is 9.92. The Morgan fingerprint density at radius 1 is 1.14 bits per heavy atom. The van der Waals surface area contributed by atoms with Gasteiger partial charge in [-0.3, -0.25) is 0 Å². The van der Waals surface area contributed by atoms with Gasteiger partial charge >= 0.3 is 5.97 Å². The second-order valence-electron chi connectivity index (χ2n) is 4.90. The predicted octanol–water partition coefficient (Wildman–Crippen LogP) is 5.17. The molecule has 2 nitrogen and oxygen atoms in total. The summed E-state index contributed by atoms with van der Waals surface area (Å²) >= 11 is 0. The van der Waals surface area contributed by atoms with Crippen LogP contribution < -0.4 is 0 Å². The van der Waals surface area contributed by atoms with Crippen molar-refractivity contribution in [1.82, 2.24) is 0 Å². The van der Waals surface area contributed by atoms with E-state index in [9.17, 15) is 9.18 Å². The Kier molecular flexibility index (Phi) is 9.39. The first-order valence-electron chi connectivity index (χ1n) is 7.54. The number of benzene rings is 1. The Morgan fingerprint density at radius 2 is 1.68 bits per heavy atom. The smallest absolute Gasteiger partial charge is 0.348 e. The summed E-state index contributed by atoms with van der Waals surface area (Å²) in [5.41, 5.74) is -0.493. The number of ether oxygens (including phenoxy) is 1. The highest BCUT2D eigenvalue weighted by atomic mass is 19.1. The van der Waals surface area contributed by atoms with Crippen molar-refractivity contribution in [1.29, 1.82) is 0 Å². The van der Waals surface area contributed by atoms with Gasteiger partial charge in [0.05, 0.1) is 6.61 Å². The van der Waals surface area contributed by atoms with Gasteiger partial charge in [0.1, 0.15) is 0 Å². The molecule has 1 unspecified atom stereocenters. The van der Waals surface area contributed by atoms with E-state index in [-0.39, 0.29) is 20.5 Å². The number of esters is 1. The van der Waals surface area contributed by atoms with Gasteiger partial charge in [0.2, 0.25) is 5.67 Å². The quantitative estimate of drug-likeness (QED) is 0.677. The minimum absolute atomic E-state index is 0. The Balaban J connectivity index is 0.000000978. The number of aryl methyl sites for hydroxylation is 1. The van der Waals surface area contributed by atoms with E-state index in [1.807, 2.05) is 30.7 Å². The summed E-state index contributed by atoms with van der Waals surface area (Å²) < 4.78 is 19.5. The number of hydrogen-bond donors (Lipinski definition) is 0. The summed E-state index contributed by atoms with van der Waals surface area (Å²) in [5, 5.41) is 0. The van der Waals surface area contributed by atoms with Crippen LogP contribution in [0, 0.1) is 6.42 Å². The second kappa shape index (κ2) is 10.1. The minimum Gasteiger partial charge on any atom is -0.463 e. The maximum absolute atomic E-state index is 14.7. The first-order valence-corrected chi connectivity index (χ1v) is 7.54. The molecule has 0 heterocycles. The standard InChI is InChI=1S/C15H21FO2.C3H3.CH4/c1-4-7-12-8-10-13(11-9-12)15(16,5-2)14(17)18-6-3;1-2-3-1;/h8-11H,4-7H2,1-3H3;1-3H;1H4. The van der Waals surface area contributed by atoms with E-state index >= 15 is 0 Å². The molecule has 1 atom stereocenters. The molecule has 1 aliphatic rings. The molecular weight excluding hydrogens is 279 g/mol. The van der Waals surface area contributed by atoms with Crippen molar-refractivity contribution in [2.45, 2.75) is 53.1 Å². The molecule has 0 bridgehead atoms. The molecule has 1 radical (unpaired) electrons. The average Bonchev–Trinajstić information content (AvgIpc) is 3.36. The van der Waals surface area contributed by atoms with E-state index in [1.54, 1.807) is 26.0 Å². The molecule has 0 amide bonds. The second-order valence-corrected chi connectivity index (χ2v) is 4.90. The van der Waals surface area contributed by atoms with Crippen LogP contribution in [-0.2, 0) is 21.6 Å². The Morgan fingerprint density at radius 3 is 2.05 bits per heavy atom. The summed E-state index contributed by atoms with van der Waals surface area (Å²) in [6.07, 6.45) is 8.09. The van der Waals surface area contributed by atoms with Crippen molar-refractivity contribution < 1.29 is 13.9 Å². The van der Waals surface area contributed by atoms with Crippen LogP contribution in [0.3, 0.4) is 0 Å². The maximum atomic E-state index is 14.7. The topological polar surface area (TPSA) is 26.3 Å². The lowest BCUT2D eigenvalue weighted by molar-refractivity contribution is -0.158. The molecule has 22 heavy (non-hydrogen) atoms. The van der Waals surface area contributed by atoms with Crippen LogP contribution in [-0.4, -0.2) is 12.6 Å². The fourth-order valence-electron chi connectivity index (χ4n) is 1.94. The van der Waals surface area contributed by atoms with Gasteiger partial charge in [-0.2, -0.15) is 0 Å². The van der Waals surface area contributed by atoms with Crippen LogP contribution in [0.4, 0.5) is 4.39 Å². The van der Waals surface area contributed by atoms with Crippen molar-refractivity contribution in [2.75, 3.05) is 6.61 Å². The van der Waals surface area contributed by atoms with Gasteiger partial charge < -0.3 is 4.74 Å². The molecule has 0 aromatic heterocycles. The van der Waals surface area contributed by atoms with E-state index < -0.39 is 11.6 Å². The van der Waals surface area contributed by atoms with Gasteiger partial charge in [-0.15, -0.1) is 0 Å². The molecule has 0 fully saturated rings. The van der Waals surface area contributed by atoms with Crippen molar-refractivity contribution in [2.24, 2.45) is 0 Å². The summed E-state index contributed by atoms with van der Waals surface area (Å²) in [6, 6.07) is 7.13. The highest BCUT2D eigenvalue weighted by molar-refractivity contribution is 5.81. The number of alkyl halides is 1. The molecule has 0 spiro atoms. The summed E-state index contributed by atoms with van der Waals surface area (Å²) in [5.74, 6) is -0.796. The molecule has 1 aliphatic carbocycles. The Bertz CT molecular complexity index is 461. The van der Waals surface area contributed by atoms with Crippen molar-refractivity contribution >= 4 is 5.97 Å². The first-order chi connectivity index (χ1) is 10.1. The van der Waals surface area contributed by atoms with Gasteiger partial charge in [0.25, 0.3) is 0 Å². The maximum Gasteiger partial charge on any atom is 0.348 e. The third-order valence-electron chi connectivity index (χ3n) is 3.23. The highest BCUT2D eigenvalue weighted by Gasteiger charge is 2.40. The zero-order valence-electron chi connectivity index (χ0n) is 13.1. The van der Waals surface area contributed by atoms with Gasteiger partial charge in [0, 0.05) is 12.0 Å². The van der Waals surface area contributed by atoms with Crippen LogP contribution in [0.15, 0.2) is 36.4 Å². The number of carbonyl (C=O) groups is 1. The van der Waals surface area contributed by atoms with Crippen LogP contribution in [0.1, 0.15) is 52.2 Å². The largest absolute Gasteiger partial charge is 0.463 e. The number of rotatable bonds is 6. The van der Waals surface area contributed by atoms with E-state index in [0.717, 1.165) is 18.4 Å². The molecule has 0 aliphatic heterocycles. The number of carbonyl (C=O) groups excluding carboxylic acids is 1. The third kappa shape index (κ3) is 6.00. The average molecular weight is 307 g/mol. The lowest BCUT2D eigenvalue weighted by Crippen LogP contribution is -2.32. The SMILES string of the molecule is C.CCCc1ccc(C(F)(CC)C(=O)OCC)cc1.[CH]1C=C1. The van der Waals surface area contributed by atoms with Crippen molar-refractivity contribution in [3.63, 3.8) is 0 Å². The monoisotopic (exact) mass is 307 g/mol. The molecule has 0 N–H and O–H groups in total. The Labute approximate surface area is 134 Å². The van der Waals surface area contributed by atoms with Gasteiger partial charge in [0.15, 0.2) is 0 Å². The summed E-state index contributed by atoms with van der Waals surface area (Å²) in [4.78, 5) is 11.7. The van der Waals surface area contributed by atoms with E-state index in [2.05, 4.69) is 6.92 Å². The third-order valence-corrected chi connectivity index (χ3v) is 3.23. The molecule has 1 aromatic carbocycles. The van der Waals surface area contributed by atoms with E-state index in [0.29, 0.717) is 5.56 Å². The molecule has 0 saturated carbocycles. The molecule has 1 aromatic rings. The molecule has 3 heteroatoms. The minimum atomic E-state index is -2.03. The van der Waals surface area contributed by atoms with E-state index in [1.165, 1.54) is 0 Å². The zero-order valence-corrected chi connectivity index (χ0v) is 13.1. The Hall–Kier alpha value is -1.64. The predicted molar refractivity (Wildman–Crippen MR) is 90.3 cm³/mol. The fraction of sp³-hybridized carbons (Fsp3) is 0.474. The fourth-order valence-corrected chi connectivity index (χ4v) is 1.94. The van der Waals surface area contributed by atoms with Gasteiger partial charge in [-0.05, 0) is 25.3 Å². The van der Waals surface area contributed by atoms with Gasteiger partial charge in [-0.25, -0.2) is 9.18 Å². The summed E-state index contributed by atoms with van der Waals surface area (Å²) in [6.45, 7) is 5.62. The highest BCUT2D eigenvalue weighted by Crippen LogP contribution is 2.31. The molecule has 2 rings (SSSR count). The lowest BCUT2D eigenvalue weighted by Gasteiger charge is -2.22. The normalized spacial score (nSPS) is 14.0. The van der Waals surface area contributed by atoms with Gasteiger partial charge in [-0.1, -0.05) is 64.1 Å². The summed E-state index contributed by atoms with van der Waals surface area (Å²) in [7, 11) is 0. The van der Waals surface area contributed by atoms with Crippen LogP contribution in [0.25, 0.3) is 0 Å². The van der Waals surface area contributed by atoms with Crippen LogP contribution >= 0.6 is 0 Å². The zero-order chi connectivity index (χ0) is 15.7. The number of halogens is 1. The molecule has 0 saturated heterocycles. The van der Waals surface area contributed by atoms with Crippen LogP contribution in [0.5, 0.6) is 0 Å². The van der Waals surface area contributed by atoms with Crippen molar-refractivity contribution in [3.05, 3.63) is 54.0 Å². The first kappa shape index (κ1) is 20.4. The van der Waals surface area contributed by atoms with Crippen LogP contribution in [0.2, 0.25) is 0 Å². The van der Waals surface area contributed by atoms with Crippen molar-refractivity contribution in [3.8, 4) is 0 Å². The molecular formula is C19H28FO2.